The standard InChI is InChI=1S/C25H29N3O4/c1-31-17-16-28-24(29)22(20-8-10-21(32-2)11-9-20)23(25(28)30)27-14-12-26(13-15-27)18-19-6-4-3-5-7-19/h3-11H,12-18H2,1-2H3. The van der Waals surface area contributed by atoms with Crippen molar-refractivity contribution >= 4 is 17.4 Å². The van der Waals surface area contributed by atoms with E-state index in [0.29, 0.717) is 36.7 Å². The Balaban J connectivity index is 1.57. The number of imide groups is 1. The zero-order valence-corrected chi connectivity index (χ0v) is 18.6. The second-order valence-corrected chi connectivity index (χ2v) is 7.96. The summed E-state index contributed by atoms with van der Waals surface area (Å²) in [5, 5.41) is 0. The van der Waals surface area contributed by atoms with Crippen molar-refractivity contribution in [3.63, 3.8) is 0 Å². The zero-order valence-electron chi connectivity index (χ0n) is 18.6. The van der Waals surface area contributed by atoms with E-state index < -0.39 is 0 Å². The van der Waals surface area contributed by atoms with Crippen LogP contribution < -0.4 is 4.74 Å². The lowest BCUT2D eigenvalue weighted by Crippen LogP contribution is -2.47. The second kappa shape index (κ2) is 9.97. The van der Waals surface area contributed by atoms with E-state index in [4.69, 9.17) is 9.47 Å². The number of piperazine rings is 1. The fourth-order valence-corrected chi connectivity index (χ4v) is 4.23. The minimum atomic E-state index is -0.265. The van der Waals surface area contributed by atoms with Gasteiger partial charge in [-0.3, -0.25) is 19.4 Å². The Morgan fingerprint density at radius 1 is 0.844 bits per heavy atom. The molecule has 2 amide bonds. The highest BCUT2D eigenvalue weighted by Crippen LogP contribution is 2.33. The molecule has 32 heavy (non-hydrogen) atoms. The first kappa shape index (κ1) is 22.0. The van der Waals surface area contributed by atoms with Gasteiger partial charge in [0.2, 0.25) is 0 Å². The molecule has 0 saturated carbocycles. The maximum absolute atomic E-state index is 13.3. The van der Waals surface area contributed by atoms with Gasteiger partial charge in [0.25, 0.3) is 11.8 Å². The van der Waals surface area contributed by atoms with Gasteiger partial charge in [-0.25, -0.2) is 0 Å². The lowest BCUT2D eigenvalue weighted by atomic mass is 10.0. The number of nitrogens with zero attached hydrogens (tertiary/aromatic N) is 3. The van der Waals surface area contributed by atoms with Crippen LogP contribution in [0.15, 0.2) is 60.3 Å². The van der Waals surface area contributed by atoms with Crippen LogP contribution in [0.2, 0.25) is 0 Å². The van der Waals surface area contributed by atoms with Crippen LogP contribution in [0.4, 0.5) is 0 Å². The van der Waals surface area contributed by atoms with E-state index in [1.54, 1.807) is 14.2 Å². The molecule has 1 saturated heterocycles. The maximum atomic E-state index is 13.3. The van der Waals surface area contributed by atoms with Crippen LogP contribution in [-0.2, 0) is 20.9 Å². The van der Waals surface area contributed by atoms with E-state index in [-0.39, 0.29) is 18.4 Å². The van der Waals surface area contributed by atoms with Crippen LogP contribution in [0.5, 0.6) is 5.75 Å². The average Bonchev–Trinajstić information content (AvgIpc) is 3.08. The van der Waals surface area contributed by atoms with Gasteiger partial charge < -0.3 is 14.4 Å². The molecular formula is C25H29N3O4. The molecule has 0 atom stereocenters. The number of methoxy groups -OCH3 is 2. The highest BCUT2D eigenvalue weighted by atomic mass is 16.5. The van der Waals surface area contributed by atoms with Gasteiger partial charge in [0.15, 0.2) is 0 Å². The number of amides is 2. The Bertz CT molecular complexity index is 980. The summed E-state index contributed by atoms with van der Waals surface area (Å²) in [6.45, 7) is 4.47. The minimum Gasteiger partial charge on any atom is -0.497 e. The zero-order chi connectivity index (χ0) is 22.5. The topological polar surface area (TPSA) is 62.3 Å². The first-order chi connectivity index (χ1) is 15.6. The monoisotopic (exact) mass is 435 g/mol. The number of benzene rings is 2. The van der Waals surface area contributed by atoms with Crippen molar-refractivity contribution in [2.24, 2.45) is 0 Å². The van der Waals surface area contributed by atoms with Crippen LogP contribution in [-0.4, -0.2) is 80.1 Å². The van der Waals surface area contributed by atoms with Crippen molar-refractivity contribution in [1.29, 1.82) is 0 Å². The van der Waals surface area contributed by atoms with Crippen LogP contribution in [0, 0.1) is 0 Å². The summed E-state index contributed by atoms with van der Waals surface area (Å²) in [4.78, 5) is 32.3. The number of carbonyl (C=O) groups excluding carboxylic acids is 2. The molecule has 2 aromatic rings. The molecular weight excluding hydrogens is 406 g/mol. The second-order valence-electron chi connectivity index (χ2n) is 7.96. The molecule has 0 unspecified atom stereocenters. The fourth-order valence-electron chi connectivity index (χ4n) is 4.23. The molecule has 0 bridgehead atoms. The summed E-state index contributed by atoms with van der Waals surface area (Å²) in [5.41, 5.74) is 2.96. The van der Waals surface area contributed by atoms with Gasteiger partial charge in [-0.05, 0) is 23.3 Å². The number of carbonyl (C=O) groups is 2. The Morgan fingerprint density at radius 3 is 2.16 bits per heavy atom. The number of ether oxygens (including phenoxy) is 2. The summed E-state index contributed by atoms with van der Waals surface area (Å²) >= 11 is 0. The predicted octanol–water partition coefficient (Wildman–Crippen LogP) is 2.24. The molecule has 0 spiro atoms. The molecule has 168 valence electrons. The molecule has 0 radical (unpaired) electrons. The molecule has 1 fully saturated rings. The van der Waals surface area contributed by atoms with Gasteiger partial charge in [0, 0.05) is 39.8 Å². The Hall–Kier alpha value is -3.16. The predicted molar refractivity (Wildman–Crippen MR) is 122 cm³/mol. The highest BCUT2D eigenvalue weighted by Gasteiger charge is 2.41. The Kier molecular flexibility index (Phi) is 6.87. The normalized spacial score (nSPS) is 17.4. The molecule has 0 N–H and O–H groups in total. The molecule has 4 rings (SSSR count). The van der Waals surface area contributed by atoms with Gasteiger partial charge in [-0.1, -0.05) is 42.5 Å². The Labute approximate surface area is 188 Å². The van der Waals surface area contributed by atoms with E-state index in [9.17, 15) is 9.59 Å². The molecule has 2 aliphatic heterocycles. The smallest absolute Gasteiger partial charge is 0.277 e. The van der Waals surface area contributed by atoms with Gasteiger partial charge in [0.1, 0.15) is 11.4 Å². The lowest BCUT2D eigenvalue weighted by Gasteiger charge is -2.36. The van der Waals surface area contributed by atoms with Gasteiger partial charge in [-0.15, -0.1) is 0 Å². The van der Waals surface area contributed by atoms with Crippen LogP contribution in [0.25, 0.3) is 5.57 Å². The van der Waals surface area contributed by atoms with Gasteiger partial charge >= 0.3 is 0 Å². The SMILES string of the molecule is COCCN1C(=O)C(c2ccc(OC)cc2)=C(N2CCN(Cc3ccccc3)CC2)C1=O. The van der Waals surface area contributed by atoms with Crippen LogP contribution >= 0.6 is 0 Å². The summed E-state index contributed by atoms with van der Waals surface area (Å²) in [7, 11) is 3.17. The summed E-state index contributed by atoms with van der Waals surface area (Å²) in [6.07, 6.45) is 0. The molecule has 0 aliphatic carbocycles. The van der Waals surface area contributed by atoms with Crippen molar-refractivity contribution in [3.05, 3.63) is 71.4 Å². The molecule has 2 aliphatic rings. The molecule has 0 aromatic heterocycles. The highest BCUT2D eigenvalue weighted by molar-refractivity contribution is 6.35. The first-order valence-corrected chi connectivity index (χ1v) is 10.9. The van der Waals surface area contributed by atoms with Crippen LogP contribution in [0.1, 0.15) is 11.1 Å². The molecule has 2 aromatic carbocycles. The maximum Gasteiger partial charge on any atom is 0.277 e. The summed E-state index contributed by atoms with van der Waals surface area (Å²) < 4.78 is 10.4. The largest absolute Gasteiger partial charge is 0.497 e. The summed E-state index contributed by atoms with van der Waals surface area (Å²) in [5.74, 6) is 0.201. The molecule has 2 heterocycles. The van der Waals surface area contributed by atoms with Crippen LogP contribution in [0.3, 0.4) is 0 Å². The third-order valence-corrected chi connectivity index (χ3v) is 5.98. The van der Waals surface area contributed by atoms with E-state index in [1.165, 1.54) is 10.5 Å². The third-order valence-electron chi connectivity index (χ3n) is 5.98. The van der Waals surface area contributed by atoms with Crippen molar-refractivity contribution in [3.8, 4) is 5.75 Å². The van der Waals surface area contributed by atoms with E-state index in [2.05, 4.69) is 34.1 Å². The van der Waals surface area contributed by atoms with Crippen molar-refractivity contribution < 1.29 is 19.1 Å². The summed E-state index contributed by atoms with van der Waals surface area (Å²) in [6, 6.07) is 17.7. The van der Waals surface area contributed by atoms with Gasteiger partial charge in [0.05, 0.1) is 25.8 Å². The number of hydrogen-bond acceptors (Lipinski definition) is 6. The Morgan fingerprint density at radius 2 is 1.53 bits per heavy atom. The van der Waals surface area contributed by atoms with E-state index >= 15 is 0 Å². The van der Waals surface area contributed by atoms with Crippen molar-refractivity contribution in [1.82, 2.24) is 14.7 Å². The van der Waals surface area contributed by atoms with E-state index in [1.807, 2.05) is 30.3 Å². The van der Waals surface area contributed by atoms with Gasteiger partial charge in [-0.2, -0.15) is 0 Å². The third kappa shape index (κ3) is 4.54. The van der Waals surface area contributed by atoms with Crippen molar-refractivity contribution in [2.75, 3.05) is 53.6 Å². The minimum absolute atomic E-state index is 0.241. The molecule has 7 nitrogen and oxygen atoms in total. The number of rotatable bonds is 8. The average molecular weight is 436 g/mol. The molecule has 7 heteroatoms. The number of hydrogen-bond donors (Lipinski definition) is 0. The fraction of sp³-hybridized carbons (Fsp3) is 0.360. The first-order valence-electron chi connectivity index (χ1n) is 10.9. The van der Waals surface area contributed by atoms with Crippen molar-refractivity contribution in [2.45, 2.75) is 6.54 Å². The van der Waals surface area contributed by atoms with E-state index in [0.717, 1.165) is 25.2 Å². The quantitative estimate of drug-likeness (QED) is 0.593. The lowest BCUT2D eigenvalue weighted by molar-refractivity contribution is -0.138.